The molecular weight excluding hydrogens is 342 g/mol. The number of para-hydroxylation sites is 1. The van der Waals surface area contributed by atoms with Gasteiger partial charge in [-0.05, 0) is 51.5 Å². The number of hydrogen-bond donors (Lipinski definition) is 2. The van der Waals surface area contributed by atoms with E-state index >= 15 is 0 Å². The number of nitrogens with zero attached hydrogens (tertiary/aromatic N) is 1. The van der Waals surface area contributed by atoms with Crippen LogP contribution in [0.5, 0.6) is 0 Å². The van der Waals surface area contributed by atoms with Crippen molar-refractivity contribution in [2.75, 3.05) is 31.4 Å². The van der Waals surface area contributed by atoms with E-state index < -0.39 is 8.80 Å². The Bertz CT molecular complexity index is 462. The summed E-state index contributed by atoms with van der Waals surface area (Å²) >= 11 is 4.98. The molecule has 1 aromatic carbocycles. The predicted molar refractivity (Wildman–Crippen MR) is 104 cm³/mol. The first-order valence-electron chi connectivity index (χ1n) is 8.37. The molecule has 0 saturated carbocycles. The van der Waals surface area contributed by atoms with Crippen LogP contribution < -0.4 is 16.2 Å². The minimum absolute atomic E-state index is 0.238. The van der Waals surface area contributed by atoms with Gasteiger partial charge in [-0.2, -0.15) is 0 Å². The molecule has 0 saturated heterocycles. The average Bonchev–Trinajstić information content (AvgIpc) is 2.55. The third-order valence-electron chi connectivity index (χ3n) is 3.27. The Labute approximate surface area is 151 Å². The number of benzene rings is 1. The molecule has 8 heteroatoms. The van der Waals surface area contributed by atoms with Gasteiger partial charge in [0.15, 0.2) is 5.11 Å². The van der Waals surface area contributed by atoms with Gasteiger partial charge in [-0.3, -0.25) is 10.4 Å². The molecule has 0 unspecified atom stereocenters. The van der Waals surface area contributed by atoms with Crippen LogP contribution in [0.4, 0.5) is 5.69 Å². The van der Waals surface area contributed by atoms with Gasteiger partial charge in [-0.1, -0.05) is 18.2 Å². The van der Waals surface area contributed by atoms with E-state index in [2.05, 4.69) is 5.43 Å². The van der Waals surface area contributed by atoms with Crippen LogP contribution in [0.2, 0.25) is 6.04 Å². The van der Waals surface area contributed by atoms with E-state index in [0.29, 0.717) is 26.4 Å². The summed E-state index contributed by atoms with van der Waals surface area (Å²) in [7, 11) is -2.62. The first-order chi connectivity index (χ1) is 11.6. The van der Waals surface area contributed by atoms with Crippen molar-refractivity contribution in [2.24, 2.45) is 5.73 Å². The zero-order valence-electron chi connectivity index (χ0n) is 14.8. The Morgan fingerprint density at radius 3 is 2.08 bits per heavy atom. The van der Waals surface area contributed by atoms with E-state index in [0.717, 1.165) is 18.2 Å². The standard InChI is InChI=1S/C16H29N3O3SSi/c1-4-20-24(21-5-2,22-6-3)14-10-13-19(18-16(17)23)15-11-8-7-9-12-15/h7-9,11-12H,4-6,10,13-14H2,1-3H3,(H3,17,18,23). The number of hydrazine groups is 1. The van der Waals surface area contributed by atoms with Crippen molar-refractivity contribution in [1.29, 1.82) is 0 Å². The Morgan fingerprint density at radius 2 is 1.62 bits per heavy atom. The van der Waals surface area contributed by atoms with Gasteiger partial charge in [0.2, 0.25) is 0 Å². The van der Waals surface area contributed by atoms with E-state index in [4.69, 9.17) is 31.2 Å². The maximum Gasteiger partial charge on any atom is 0.500 e. The molecule has 0 aliphatic rings. The van der Waals surface area contributed by atoms with Gasteiger partial charge in [0.25, 0.3) is 0 Å². The second kappa shape index (κ2) is 11.4. The molecule has 1 rings (SSSR count). The summed E-state index contributed by atoms with van der Waals surface area (Å²) in [5.74, 6) is 0. The summed E-state index contributed by atoms with van der Waals surface area (Å²) in [5.41, 5.74) is 9.66. The summed E-state index contributed by atoms with van der Waals surface area (Å²) in [4.78, 5) is 0. The van der Waals surface area contributed by atoms with Crippen LogP contribution in [0.3, 0.4) is 0 Å². The molecule has 0 radical (unpaired) electrons. The van der Waals surface area contributed by atoms with Gasteiger partial charge < -0.3 is 19.0 Å². The van der Waals surface area contributed by atoms with Crippen molar-refractivity contribution >= 4 is 31.8 Å². The third kappa shape index (κ3) is 7.14. The Kier molecular flexibility index (Phi) is 9.88. The number of nitrogens with one attached hydrogen (secondary N) is 1. The molecule has 0 heterocycles. The van der Waals surface area contributed by atoms with Crippen molar-refractivity contribution in [3.8, 4) is 0 Å². The maximum atomic E-state index is 5.88. The minimum atomic E-state index is -2.62. The van der Waals surface area contributed by atoms with E-state index in [9.17, 15) is 0 Å². The van der Waals surface area contributed by atoms with Crippen molar-refractivity contribution in [3.63, 3.8) is 0 Å². The second-order valence-corrected chi connectivity index (χ2v) is 8.22. The van der Waals surface area contributed by atoms with E-state index in [1.807, 2.05) is 56.1 Å². The van der Waals surface area contributed by atoms with E-state index in [-0.39, 0.29) is 5.11 Å². The lowest BCUT2D eigenvalue weighted by Crippen LogP contribution is -2.48. The molecule has 0 spiro atoms. The average molecular weight is 372 g/mol. The van der Waals surface area contributed by atoms with Gasteiger partial charge in [0, 0.05) is 32.4 Å². The first-order valence-corrected chi connectivity index (χ1v) is 10.7. The SMILES string of the molecule is CCO[Si](CCCN(NC(N)=S)c1ccccc1)(OCC)OCC. The molecule has 6 nitrogen and oxygen atoms in total. The Hall–Kier alpha value is -1.19. The Morgan fingerprint density at radius 1 is 1.08 bits per heavy atom. The highest BCUT2D eigenvalue weighted by atomic mass is 32.1. The van der Waals surface area contributed by atoms with Gasteiger partial charge in [-0.15, -0.1) is 0 Å². The number of thiocarbonyl (C=S) groups is 1. The predicted octanol–water partition coefficient (Wildman–Crippen LogP) is 2.68. The summed E-state index contributed by atoms with van der Waals surface area (Å²) in [6, 6.07) is 10.7. The topological polar surface area (TPSA) is 69.0 Å². The van der Waals surface area contributed by atoms with Crippen LogP contribution in [0.1, 0.15) is 27.2 Å². The van der Waals surface area contributed by atoms with Crippen molar-refractivity contribution in [2.45, 2.75) is 33.2 Å². The zero-order chi connectivity index (χ0) is 17.8. The zero-order valence-corrected chi connectivity index (χ0v) is 16.6. The molecular formula is C16H29N3O3SSi. The fraction of sp³-hybridized carbons (Fsp3) is 0.562. The molecule has 0 amide bonds. The lowest BCUT2D eigenvalue weighted by atomic mass is 10.3. The molecule has 0 aromatic heterocycles. The van der Waals surface area contributed by atoms with E-state index in [1.165, 1.54) is 0 Å². The summed E-state index contributed by atoms with van der Waals surface area (Å²) in [5, 5.41) is 2.17. The van der Waals surface area contributed by atoms with Crippen molar-refractivity contribution in [1.82, 2.24) is 5.43 Å². The largest absolute Gasteiger partial charge is 0.500 e. The van der Waals surface area contributed by atoms with Crippen LogP contribution in [-0.4, -0.2) is 40.3 Å². The molecule has 0 bridgehead atoms. The van der Waals surface area contributed by atoms with Crippen LogP contribution in [0, 0.1) is 0 Å². The molecule has 0 atom stereocenters. The van der Waals surface area contributed by atoms with Crippen molar-refractivity contribution < 1.29 is 13.3 Å². The number of nitrogens with two attached hydrogens (primary N) is 1. The molecule has 1 aromatic rings. The third-order valence-corrected chi connectivity index (χ3v) is 6.51. The summed E-state index contributed by atoms with van der Waals surface area (Å²) in [6.45, 7) is 8.35. The highest BCUT2D eigenvalue weighted by Crippen LogP contribution is 2.20. The maximum absolute atomic E-state index is 5.88. The van der Waals surface area contributed by atoms with Gasteiger partial charge >= 0.3 is 8.80 Å². The number of hydrogen-bond acceptors (Lipinski definition) is 5. The Balaban J connectivity index is 2.71. The fourth-order valence-electron chi connectivity index (χ4n) is 2.45. The van der Waals surface area contributed by atoms with Crippen LogP contribution in [-0.2, 0) is 13.3 Å². The number of rotatable bonds is 12. The smallest absolute Gasteiger partial charge is 0.375 e. The molecule has 0 fully saturated rings. The molecule has 0 aliphatic heterocycles. The van der Waals surface area contributed by atoms with Gasteiger partial charge in [-0.25, -0.2) is 0 Å². The summed E-state index contributed by atoms with van der Waals surface area (Å²) in [6.07, 6.45) is 0.830. The first kappa shape index (κ1) is 20.9. The summed E-state index contributed by atoms with van der Waals surface area (Å²) < 4.78 is 17.7. The molecule has 0 aliphatic carbocycles. The normalized spacial score (nSPS) is 11.3. The lowest BCUT2D eigenvalue weighted by molar-refractivity contribution is 0.0709. The fourth-order valence-corrected chi connectivity index (χ4v) is 5.15. The van der Waals surface area contributed by atoms with Crippen LogP contribution >= 0.6 is 12.2 Å². The monoisotopic (exact) mass is 371 g/mol. The van der Waals surface area contributed by atoms with Gasteiger partial charge in [0.05, 0.1) is 5.69 Å². The lowest BCUT2D eigenvalue weighted by Gasteiger charge is -2.30. The quantitative estimate of drug-likeness (QED) is 0.332. The molecule has 24 heavy (non-hydrogen) atoms. The highest BCUT2D eigenvalue weighted by Gasteiger charge is 2.39. The second-order valence-electron chi connectivity index (χ2n) is 5.05. The van der Waals surface area contributed by atoms with Gasteiger partial charge in [0.1, 0.15) is 0 Å². The van der Waals surface area contributed by atoms with Crippen molar-refractivity contribution in [3.05, 3.63) is 30.3 Å². The highest BCUT2D eigenvalue weighted by molar-refractivity contribution is 7.80. The minimum Gasteiger partial charge on any atom is -0.375 e. The molecule has 136 valence electrons. The van der Waals surface area contributed by atoms with E-state index in [1.54, 1.807) is 0 Å². The number of anilines is 1. The van der Waals surface area contributed by atoms with Crippen LogP contribution in [0.25, 0.3) is 0 Å². The van der Waals surface area contributed by atoms with Crippen LogP contribution in [0.15, 0.2) is 30.3 Å². The molecule has 3 N–H and O–H groups in total.